The molecule has 0 aromatic carbocycles. The molecular formula is C12H18NO8PS3. The number of methoxy groups -OCH3 is 2. The van der Waals surface area contributed by atoms with Gasteiger partial charge in [-0.3, -0.25) is 4.79 Å². The Morgan fingerprint density at radius 2 is 1.72 bits per heavy atom. The summed E-state index contributed by atoms with van der Waals surface area (Å²) < 4.78 is 37.6. The average Bonchev–Trinajstić information content (AvgIpc) is 2.99. The van der Waals surface area contributed by atoms with Gasteiger partial charge < -0.3 is 22.4 Å². The van der Waals surface area contributed by atoms with Gasteiger partial charge in [-0.15, -0.1) is 0 Å². The number of hydrogen-bond donors (Lipinski definition) is 0. The van der Waals surface area contributed by atoms with Crippen molar-refractivity contribution in [3.63, 3.8) is 0 Å². The molecule has 0 atom stereocenters. The minimum Gasteiger partial charge on any atom is -0.469 e. The lowest BCUT2D eigenvalue weighted by Gasteiger charge is -2.13. The highest BCUT2D eigenvalue weighted by Crippen LogP contribution is 2.70. The summed E-state index contributed by atoms with van der Waals surface area (Å²) >= 11 is 2.09. The standard InChI is InChI=1S/C12H18NO8PS3/c1-5-19-24-22(16,25-20-6-2)21-12-13-8(7-9(14)17-3)10(23-12)11(15)18-4/h5-7H2,1-4H3. The third kappa shape index (κ3) is 7.16. The van der Waals surface area contributed by atoms with Crippen molar-refractivity contribution in [3.05, 3.63) is 10.6 Å². The molecule has 0 unspecified atom stereocenters. The Hall–Kier alpha value is -0.780. The summed E-state index contributed by atoms with van der Waals surface area (Å²) in [5.74, 6) is -4.76. The maximum Gasteiger partial charge on any atom is 0.413 e. The van der Waals surface area contributed by atoms with Crippen LogP contribution in [-0.4, -0.2) is 44.4 Å². The van der Waals surface area contributed by atoms with Crippen LogP contribution < -0.4 is 4.52 Å². The second-order valence-electron chi connectivity index (χ2n) is 4.00. The van der Waals surface area contributed by atoms with Crippen LogP contribution in [0.2, 0.25) is 0 Å². The van der Waals surface area contributed by atoms with Crippen molar-refractivity contribution in [2.45, 2.75) is 20.3 Å². The summed E-state index contributed by atoms with van der Waals surface area (Å²) in [7, 11) is 2.42. The lowest BCUT2D eigenvalue weighted by Crippen LogP contribution is -2.09. The smallest absolute Gasteiger partial charge is 0.413 e. The number of esters is 2. The van der Waals surface area contributed by atoms with E-state index in [0.29, 0.717) is 36.5 Å². The molecule has 13 heteroatoms. The van der Waals surface area contributed by atoms with E-state index in [1.54, 1.807) is 13.8 Å². The molecule has 9 nitrogen and oxygen atoms in total. The molecule has 0 bridgehead atoms. The predicted octanol–water partition coefficient (Wildman–Crippen LogP) is 3.50. The molecule has 0 amide bonds. The molecule has 0 saturated heterocycles. The van der Waals surface area contributed by atoms with Gasteiger partial charge in [0.05, 0.1) is 39.5 Å². The van der Waals surface area contributed by atoms with Crippen LogP contribution in [0, 0.1) is 0 Å². The van der Waals surface area contributed by atoms with Gasteiger partial charge in [0.15, 0.2) is 0 Å². The molecule has 0 aliphatic rings. The normalized spacial score (nSPS) is 11.2. The zero-order valence-corrected chi connectivity index (χ0v) is 17.4. The van der Waals surface area contributed by atoms with Crippen LogP contribution in [0.1, 0.15) is 29.2 Å². The van der Waals surface area contributed by atoms with Crippen molar-refractivity contribution >= 4 is 52.4 Å². The van der Waals surface area contributed by atoms with Crippen LogP contribution >= 0.6 is 40.4 Å². The number of ether oxygens (including phenoxy) is 2. The van der Waals surface area contributed by atoms with Gasteiger partial charge in [-0.05, 0) is 13.8 Å². The molecule has 0 N–H and O–H groups in total. The fraction of sp³-hybridized carbons (Fsp3) is 0.583. The summed E-state index contributed by atoms with van der Waals surface area (Å²) in [5.41, 5.74) is 0.119. The Labute approximate surface area is 157 Å². The predicted molar refractivity (Wildman–Crippen MR) is 95.8 cm³/mol. The molecule has 142 valence electrons. The van der Waals surface area contributed by atoms with Crippen LogP contribution in [0.5, 0.6) is 5.19 Å². The first-order valence-corrected chi connectivity index (χ1v) is 12.1. The third-order valence-electron chi connectivity index (χ3n) is 2.30. The number of nitrogens with zero attached hydrogens (tertiary/aromatic N) is 1. The Balaban J connectivity index is 3.06. The van der Waals surface area contributed by atoms with Gasteiger partial charge in [-0.25, -0.2) is 14.3 Å². The highest BCUT2D eigenvalue weighted by Gasteiger charge is 2.33. The van der Waals surface area contributed by atoms with Crippen LogP contribution in [0.25, 0.3) is 0 Å². The molecule has 0 saturated carbocycles. The van der Waals surface area contributed by atoms with Gasteiger partial charge in [0, 0.05) is 0 Å². The fourth-order valence-electron chi connectivity index (χ4n) is 1.32. The molecule has 1 heterocycles. The van der Waals surface area contributed by atoms with E-state index in [0.717, 1.165) is 11.3 Å². The lowest BCUT2D eigenvalue weighted by atomic mass is 10.3. The van der Waals surface area contributed by atoms with Crippen molar-refractivity contribution in [2.75, 3.05) is 27.4 Å². The Bertz CT molecular complexity index is 626. The van der Waals surface area contributed by atoms with Gasteiger partial charge in [-0.2, -0.15) is 0 Å². The number of rotatable bonds is 11. The van der Waals surface area contributed by atoms with Gasteiger partial charge >= 0.3 is 17.7 Å². The number of carbonyl (C=O) groups is 2. The number of aromatic nitrogens is 1. The number of hydrogen-bond acceptors (Lipinski definition) is 12. The fourth-order valence-corrected chi connectivity index (χ4v) is 6.68. The SMILES string of the molecule is CCOSP(=O)(Oc1nc(CC(=O)OC)c(C(=O)OC)s1)SOCC. The van der Waals surface area contributed by atoms with E-state index >= 15 is 0 Å². The van der Waals surface area contributed by atoms with Gasteiger partial charge in [0.1, 0.15) is 28.2 Å². The molecular weight excluding hydrogens is 413 g/mol. The summed E-state index contributed by atoms with van der Waals surface area (Å²) in [6.45, 7) is 4.08. The Kier molecular flexibility index (Phi) is 9.83. The zero-order valence-electron chi connectivity index (χ0n) is 14.0. The van der Waals surface area contributed by atoms with E-state index in [1.165, 1.54) is 14.2 Å². The number of carbonyl (C=O) groups excluding carboxylic acids is 2. The van der Waals surface area contributed by atoms with Gasteiger partial charge in [-0.1, -0.05) is 11.3 Å². The molecule has 0 spiro atoms. The molecule has 25 heavy (non-hydrogen) atoms. The summed E-state index contributed by atoms with van der Waals surface area (Å²) in [5, 5.41) is -0.0676. The quantitative estimate of drug-likeness (QED) is 0.291. The molecule has 1 rings (SSSR count). The van der Waals surface area contributed by atoms with Crippen molar-refractivity contribution in [3.8, 4) is 5.19 Å². The van der Waals surface area contributed by atoms with Crippen molar-refractivity contribution in [2.24, 2.45) is 0 Å². The Morgan fingerprint density at radius 1 is 1.12 bits per heavy atom. The van der Waals surface area contributed by atoms with E-state index in [2.05, 4.69) is 14.5 Å². The van der Waals surface area contributed by atoms with E-state index in [-0.39, 0.29) is 22.2 Å². The Morgan fingerprint density at radius 3 is 2.20 bits per heavy atom. The van der Waals surface area contributed by atoms with Crippen molar-refractivity contribution in [1.82, 2.24) is 4.98 Å². The monoisotopic (exact) mass is 431 g/mol. The highest BCUT2D eigenvalue weighted by molar-refractivity contribution is 8.87. The van der Waals surface area contributed by atoms with Crippen molar-refractivity contribution in [1.29, 1.82) is 0 Å². The third-order valence-corrected chi connectivity index (χ3v) is 8.10. The summed E-state index contributed by atoms with van der Waals surface area (Å²) in [4.78, 5) is 27.4. The molecule has 1 aromatic heterocycles. The molecule has 0 aliphatic heterocycles. The molecule has 0 fully saturated rings. The second kappa shape index (κ2) is 11.0. The van der Waals surface area contributed by atoms with Gasteiger partial charge in [0.25, 0.3) is 5.19 Å². The highest BCUT2D eigenvalue weighted by atomic mass is 33.1. The van der Waals surface area contributed by atoms with Crippen molar-refractivity contribution < 1.29 is 36.5 Å². The average molecular weight is 431 g/mol. The molecule has 0 radical (unpaired) electrons. The van der Waals surface area contributed by atoms with Crippen LogP contribution in [0.3, 0.4) is 0 Å². The first-order chi connectivity index (χ1) is 11.9. The molecule has 1 aromatic rings. The first kappa shape index (κ1) is 22.3. The van der Waals surface area contributed by atoms with Crippen LogP contribution in [-0.2, 0) is 33.6 Å². The van der Waals surface area contributed by atoms with E-state index in [9.17, 15) is 14.2 Å². The summed E-state index contributed by atoms with van der Waals surface area (Å²) in [6, 6.07) is 0. The van der Waals surface area contributed by atoms with E-state index < -0.39 is 17.7 Å². The minimum atomic E-state index is -3.49. The summed E-state index contributed by atoms with van der Waals surface area (Å²) in [6.07, 6.45) is -0.248. The largest absolute Gasteiger partial charge is 0.469 e. The van der Waals surface area contributed by atoms with E-state index in [4.69, 9.17) is 12.9 Å². The van der Waals surface area contributed by atoms with Gasteiger partial charge in [0.2, 0.25) is 0 Å². The number of thiazole rings is 1. The first-order valence-electron chi connectivity index (χ1n) is 6.95. The maximum atomic E-state index is 12.8. The molecule has 0 aliphatic carbocycles. The minimum absolute atomic E-state index is 0.0669. The second-order valence-corrected chi connectivity index (χ2v) is 11.3. The lowest BCUT2D eigenvalue weighted by molar-refractivity contribution is -0.139. The van der Waals surface area contributed by atoms with Crippen LogP contribution in [0.4, 0.5) is 0 Å². The zero-order chi connectivity index (χ0) is 18.9. The topological polar surface area (TPSA) is 110 Å². The van der Waals surface area contributed by atoms with E-state index in [1.807, 2.05) is 0 Å². The van der Waals surface area contributed by atoms with Crippen LogP contribution in [0.15, 0.2) is 0 Å². The maximum absolute atomic E-state index is 12.8.